The van der Waals surface area contributed by atoms with E-state index in [1.807, 2.05) is 36.4 Å². The summed E-state index contributed by atoms with van der Waals surface area (Å²) in [5.74, 6) is 5.16. The summed E-state index contributed by atoms with van der Waals surface area (Å²) in [7, 11) is 0. The Bertz CT molecular complexity index is 903. The number of carbonyl (C=O) groups is 1. The van der Waals surface area contributed by atoms with Crippen molar-refractivity contribution < 1.29 is 4.79 Å². The molecule has 0 heterocycles. The Morgan fingerprint density at radius 2 is 1.50 bits per heavy atom. The molecule has 24 heavy (non-hydrogen) atoms. The summed E-state index contributed by atoms with van der Waals surface area (Å²) in [6.07, 6.45) is 1.59. The molecular weight excluding hydrogens is 302 g/mol. The van der Waals surface area contributed by atoms with Crippen LogP contribution in [0.4, 0.5) is 21.9 Å². The highest BCUT2D eigenvalue weighted by molar-refractivity contribution is 6.01. The van der Waals surface area contributed by atoms with Crippen molar-refractivity contribution in [1.82, 2.24) is 0 Å². The zero-order valence-corrected chi connectivity index (χ0v) is 12.9. The Balaban J connectivity index is 1.73. The first kappa shape index (κ1) is 15.4. The molecule has 6 heteroatoms. The highest BCUT2D eigenvalue weighted by atomic mass is 16.2. The van der Waals surface area contributed by atoms with Gasteiger partial charge in [-0.25, -0.2) is 4.79 Å². The van der Waals surface area contributed by atoms with Crippen LogP contribution in [-0.2, 0) is 0 Å². The molecule has 6 nitrogen and oxygen atoms in total. The number of carbonyl (C=O) groups excluding carboxylic acids is 1. The van der Waals surface area contributed by atoms with Crippen LogP contribution >= 0.6 is 0 Å². The molecule has 0 fully saturated rings. The number of nitrogens with one attached hydrogen (secondary N) is 2. The lowest BCUT2D eigenvalue weighted by molar-refractivity contribution is 0.262. The van der Waals surface area contributed by atoms with E-state index in [1.54, 1.807) is 30.5 Å². The topological polar surface area (TPSA) is 106 Å². The van der Waals surface area contributed by atoms with Gasteiger partial charge >= 0.3 is 6.03 Å². The molecule has 0 saturated heterocycles. The molecule has 0 atom stereocenters. The molecule has 0 saturated carbocycles. The maximum atomic E-state index is 12.1. The average molecular weight is 319 g/mol. The first-order valence-corrected chi connectivity index (χ1v) is 7.35. The smallest absolute Gasteiger partial charge is 0.323 e. The van der Waals surface area contributed by atoms with Gasteiger partial charge in [0.25, 0.3) is 0 Å². The van der Waals surface area contributed by atoms with Gasteiger partial charge in [0.05, 0.1) is 6.21 Å². The second-order valence-corrected chi connectivity index (χ2v) is 5.30. The molecule has 3 rings (SSSR count). The summed E-state index contributed by atoms with van der Waals surface area (Å²) in [5.41, 5.74) is 8.57. The lowest BCUT2D eigenvalue weighted by atomic mass is 10.1. The summed E-state index contributed by atoms with van der Waals surface area (Å²) in [6.45, 7) is 0. The van der Waals surface area contributed by atoms with Crippen LogP contribution in [0.15, 0.2) is 65.8 Å². The van der Waals surface area contributed by atoms with Crippen molar-refractivity contribution in [1.29, 1.82) is 0 Å². The zero-order valence-electron chi connectivity index (χ0n) is 12.9. The number of rotatable bonds is 3. The van der Waals surface area contributed by atoms with Crippen molar-refractivity contribution in [2.24, 2.45) is 10.9 Å². The standard InChI is InChI=1S/C18H17N5O/c19-15-4-7-16(8-5-15)22-18(24)23-17-6-3-13-9-12(11-21-20)1-2-14(13)10-17/h1-11H,19-20H2,(H2,22,23,24). The molecule has 3 aromatic rings. The predicted molar refractivity (Wildman–Crippen MR) is 99.2 cm³/mol. The third-order valence-electron chi connectivity index (χ3n) is 3.51. The van der Waals surface area contributed by atoms with E-state index in [0.29, 0.717) is 17.1 Å². The van der Waals surface area contributed by atoms with Crippen molar-refractivity contribution in [2.75, 3.05) is 16.4 Å². The SMILES string of the molecule is NN=Cc1ccc2cc(NC(=O)Nc3ccc(N)cc3)ccc2c1. The number of nitrogens with zero attached hydrogens (tertiary/aromatic N) is 1. The largest absolute Gasteiger partial charge is 0.399 e. The van der Waals surface area contributed by atoms with Crippen LogP contribution in [0.25, 0.3) is 10.8 Å². The maximum Gasteiger partial charge on any atom is 0.323 e. The summed E-state index contributed by atoms with van der Waals surface area (Å²) >= 11 is 0. The van der Waals surface area contributed by atoms with E-state index in [-0.39, 0.29) is 6.03 Å². The number of hydrazone groups is 1. The van der Waals surface area contributed by atoms with Gasteiger partial charge in [-0.1, -0.05) is 18.2 Å². The number of urea groups is 1. The zero-order chi connectivity index (χ0) is 16.9. The summed E-state index contributed by atoms with van der Waals surface area (Å²) in [4.78, 5) is 12.1. The number of hydrogen-bond acceptors (Lipinski definition) is 4. The van der Waals surface area contributed by atoms with Crippen LogP contribution in [0.1, 0.15) is 5.56 Å². The Kier molecular flexibility index (Phi) is 4.29. The Hall–Kier alpha value is -3.54. The first-order valence-electron chi connectivity index (χ1n) is 7.35. The van der Waals surface area contributed by atoms with Crippen LogP contribution in [0.5, 0.6) is 0 Å². The minimum absolute atomic E-state index is 0.314. The van der Waals surface area contributed by atoms with Crippen LogP contribution in [0.3, 0.4) is 0 Å². The van der Waals surface area contributed by atoms with Crippen molar-refractivity contribution in [3.63, 3.8) is 0 Å². The number of amides is 2. The average Bonchev–Trinajstić information content (AvgIpc) is 2.57. The van der Waals surface area contributed by atoms with Crippen LogP contribution in [0, 0.1) is 0 Å². The molecule has 0 aliphatic carbocycles. The predicted octanol–water partition coefficient (Wildman–Crippen LogP) is 3.36. The fourth-order valence-electron chi connectivity index (χ4n) is 2.37. The van der Waals surface area contributed by atoms with Gasteiger partial charge in [0.15, 0.2) is 0 Å². The molecule has 0 aliphatic heterocycles. The van der Waals surface area contributed by atoms with Gasteiger partial charge in [-0.05, 0) is 58.8 Å². The van der Waals surface area contributed by atoms with Gasteiger partial charge in [0.1, 0.15) is 0 Å². The number of benzene rings is 3. The summed E-state index contributed by atoms with van der Waals surface area (Å²) in [6, 6.07) is 18.2. The number of hydrogen-bond donors (Lipinski definition) is 4. The Labute approximate surface area is 139 Å². The van der Waals surface area contributed by atoms with Crippen molar-refractivity contribution in [3.8, 4) is 0 Å². The third kappa shape index (κ3) is 3.61. The highest BCUT2D eigenvalue weighted by Gasteiger charge is 2.04. The quantitative estimate of drug-likeness (QED) is 0.257. The van der Waals surface area contributed by atoms with Gasteiger partial charge in [-0.15, -0.1) is 0 Å². The minimum atomic E-state index is -0.314. The summed E-state index contributed by atoms with van der Waals surface area (Å²) in [5, 5.41) is 11.1. The van der Waals surface area contributed by atoms with Crippen molar-refractivity contribution in [2.45, 2.75) is 0 Å². The van der Waals surface area contributed by atoms with E-state index in [0.717, 1.165) is 16.3 Å². The van der Waals surface area contributed by atoms with Gasteiger partial charge in [-0.3, -0.25) is 0 Å². The van der Waals surface area contributed by atoms with E-state index in [2.05, 4.69) is 15.7 Å². The fraction of sp³-hybridized carbons (Fsp3) is 0. The molecule has 120 valence electrons. The van der Waals surface area contributed by atoms with Crippen LogP contribution in [0.2, 0.25) is 0 Å². The van der Waals surface area contributed by atoms with Gasteiger partial charge in [0.2, 0.25) is 0 Å². The minimum Gasteiger partial charge on any atom is -0.399 e. The molecular formula is C18H17N5O. The van der Waals surface area contributed by atoms with E-state index in [1.165, 1.54) is 0 Å². The molecule has 0 aromatic heterocycles. The first-order chi connectivity index (χ1) is 11.6. The van der Waals surface area contributed by atoms with Gasteiger partial charge < -0.3 is 22.2 Å². The van der Waals surface area contributed by atoms with E-state index in [4.69, 9.17) is 11.6 Å². The second-order valence-electron chi connectivity index (χ2n) is 5.30. The lowest BCUT2D eigenvalue weighted by Crippen LogP contribution is -2.19. The van der Waals surface area contributed by atoms with Gasteiger partial charge in [0, 0.05) is 17.1 Å². The molecule has 3 aromatic carbocycles. The Morgan fingerprint density at radius 3 is 2.25 bits per heavy atom. The monoisotopic (exact) mass is 319 g/mol. The Morgan fingerprint density at radius 1 is 0.875 bits per heavy atom. The van der Waals surface area contributed by atoms with E-state index < -0.39 is 0 Å². The second kappa shape index (κ2) is 6.70. The fourth-order valence-corrected chi connectivity index (χ4v) is 2.37. The van der Waals surface area contributed by atoms with Gasteiger partial charge in [-0.2, -0.15) is 5.10 Å². The molecule has 0 radical (unpaired) electrons. The molecule has 0 spiro atoms. The van der Waals surface area contributed by atoms with Crippen LogP contribution < -0.4 is 22.2 Å². The molecule has 0 unspecified atom stereocenters. The highest BCUT2D eigenvalue weighted by Crippen LogP contribution is 2.20. The molecule has 2 amide bonds. The van der Waals surface area contributed by atoms with Crippen molar-refractivity contribution >= 4 is 40.1 Å². The lowest BCUT2D eigenvalue weighted by Gasteiger charge is -2.09. The molecule has 0 aliphatic rings. The maximum absolute atomic E-state index is 12.1. The number of anilines is 3. The normalized spacial score (nSPS) is 10.8. The number of fused-ring (bicyclic) bond motifs is 1. The van der Waals surface area contributed by atoms with Crippen molar-refractivity contribution in [3.05, 3.63) is 66.2 Å². The van der Waals surface area contributed by atoms with E-state index in [9.17, 15) is 4.79 Å². The number of nitrogens with two attached hydrogens (primary N) is 2. The van der Waals surface area contributed by atoms with Crippen LogP contribution in [-0.4, -0.2) is 12.2 Å². The summed E-state index contributed by atoms with van der Waals surface area (Å²) < 4.78 is 0. The molecule has 6 N–H and O–H groups in total. The third-order valence-corrected chi connectivity index (χ3v) is 3.51. The van der Waals surface area contributed by atoms with E-state index >= 15 is 0 Å². The molecule has 0 bridgehead atoms. The number of nitrogen functional groups attached to an aromatic ring is 1.